The molecule has 2 aliphatic heterocycles. The first-order valence-electron chi connectivity index (χ1n) is 10.8. The zero-order valence-corrected chi connectivity index (χ0v) is 19.4. The Hall–Kier alpha value is -1.95. The average molecular weight is 425 g/mol. The number of benzene rings is 2. The lowest BCUT2D eigenvalue weighted by atomic mass is 9.63. The van der Waals surface area contributed by atoms with E-state index in [1.165, 1.54) is 10.4 Å². The Morgan fingerprint density at radius 2 is 1.53 bits per heavy atom. The molecule has 1 saturated carbocycles. The maximum Gasteiger partial charge on any atom is 0.314 e. The van der Waals surface area contributed by atoms with Crippen LogP contribution < -0.4 is 10.4 Å². The Morgan fingerprint density at radius 3 is 2.00 bits per heavy atom. The molecule has 0 unspecified atom stereocenters. The average Bonchev–Trinajstić information content (AvgIpc) is 3.27. The largest absolute Gasteiger partial charge is 0.465 e. The van der Waals surface area contributed by atoms with Gasteiger partial charge in [0.25, 0.3) is 8.32 Å². The molecular formula is C25H32O4Si. The monoisotopic (exact) mass is 424 g/mol. The van der Waals surface area contributed by atoms with Crippen LogP contribution in [0.4, 0.5) is 0 Å². The molecule has 0 N–H and O–H groups in total. The van der Waals surface area contributed by atoms with Gasteiger partial charge in [0, 0.05) is 0 Å². The van der Waals surface area contributed by atoms with Gasteiger partial charge in [0.05, 0.1) is 30.8 Å². The first kappa shape index (κ1) is 21.3. The van der Waals surface area contributed by atoms with Crippen LogP contribution in [0.3, 0.4) is 0 Å². The maximum atomic E-state index is 12.4. The molecule has 5 heteroatoms. The van der Waals surface area contributed by atoms with Crippen LogP contribution in [0, 0.1) is 5.41 Å². The minimum atomic E-state index is -2.60. The summed E-state index contributed by atoms with van der Waals surface area (Å²) in [5, 5.41) is 2.44. The third-order valence-electron chi connectivity index (χ3n) is 6.65. The molecule has 5 rings (SSSR count). The molecule has 2 bridgehead atoms. The fourth-order valence-corrected chi connectivity index (χ4v) is 9.94. The molecule has 3 fully saturated rings. The summed E-state index contributed by atoms with van der Waals surface area (Å²) in [6.07, 6.45) is 1.38. The van der Waals surface area contributed by atoms with Crippen molar-refractivity contribution in [3.8, 4) is 0 Å². The summed E-state index contributed by atoms with van der Waals surface area (Å²) in [7, 11) is -2.60. The second kappa shape index (κ2) is 7.63. The van der Waals surface area contributed by atoms with E-state index in [4.69, 9.17) is 13.9 Å². The summed E-state index contributed by atoms with van der Waals surface area (Å²) in [5.41, 5.74) is -0.843. The quantitative estimate of drug-likeness (QED) is 0.502. The summed E-state index contributed by atoms with van der Waals surface area (Å²) in [5.74, 6) is -0.122. The second-order valence-corrected chi connectivity index (χ2v) is 14.1. The van der Waals surface area contributed by atoms with Crippen molar-refractivity contribution in [1.29, 1.82) is 0 Å². The smallest absolute Gasteiger partial charge is 0.314 e. The molecule has 0 aromatic heterocycles. The van der Waals surface area contributed by atoms with Gasteiger partial charge < -0.3 is 13.9 Å². The van der Waals surface area contributed by atoms with Crippen LogP contribution in [-0.4, -0.2) is 39.7 Å². The molecule has 160 valence electrons. The highest BCUT2D eigenvalue weighted by molar-refractivity contribution is 6.99. The molecule has 2 aromatic rings. The van der Waals surface area contributed by atoms with Crippen molar-refractivity contribution in [3.63, 3.8) is 0 Å². The van der Waals surface area contributed by atoms with Gasteiger partial charge in [-0.3, -0.25) is 4.79 Å². The van der Waals surface area contributed by atoms with E-state index in [9.17, 15) is 4.79 Å². The molecule has 1 aliphatic carbocycles. The molecule has 0 spiro atoms. The van der Waals surface area contributed by atoms with Crippen LogP contribution in [0.5, 0.6) is 0 Å². The molecule has 30 heavy (non-hydrogen) atoms. The van der Waals surface area contributed by atoms with E-state index in [2.05, 4.69) is 81.4 Å². The Kier molecular flexibility index (Phi) is 5.41. The van der Waals surface area contributed by atoms with Crippen LogP contribution in [-0.2, 0) is 18.7 Å². The minimum Gasteiger partial charge on any atom is -0.465 e. The zero-order valence-electron chi connectivity index (χ0n) is 18.4. The Balaban J connectivity index is 1.65. The lowest BCUT2D eigenvalue weighted by Gasteiger charge is -2.48. The van der Waals surface area contributed by atoms with Crippen molar-refractivity contribution in [2.75, 3.05) is 19.8 Å². The number of hydrogen-bond donors (Lipinski definition) is 0. The molecule has 0 amide bonds. The summed E-state index contributed by atoms with van der Waals surface area (Å²) in [6.45, 7) is 10.0. The Morgan fingerprint density at radius 1 is 1.00 bits per heavy atom. The van der Waals surface area contributed by atoms with E-state index in [1.54, 1.807) is 0 Å². The van der Waals surface area contributed by atoms with Crippen molar-refractivity contribution in [3.05, 3.63) is 60.7 Å². The van der Waals surface area contributed by atoms with Crippen LogP contribution in [0.15, 0.2) is 60.7 Å². The van der Waals surface area contributed by atoms with E-state index in [0.717, 1.165) is 0 Å². The first-order valence-corrected chi connectivity index (χ1v) is 12.7. The number of esters is 1. The number of carbonyl (C=O) groups is 1. The van der Waals surface area contributed by atoms with Gasteiger partial charge in [-0.05, 0) is 35.2 Å². The summed E-state index contributed by atoms with van der Waals surface area (Å²) >= 11 is 0. The predicted octanol–water partition coefficient (Wildman–Crippen LogP) is 3.68. The third-order valence-corrected chi connectivity index (χ3v) is 11.6. The number of fused-ring (bicyclic) bond motifs is 1. The van der Waals surface area contributed by atoms with Gasteiger partial charge in [-0.2, -0.15) is 0 Å². The van der Waals surface area contributed by atoms with Gasteiger partial charge in [-0.1, -0.05) is 81.4 Å². The Labute approximate surface area is 180 Å². The first-order chi connectivity index (χ1) is 14.3. The van der Waals surface area contributed by atoms with Crippen LogP contribution in [0.25, 0.3) is 0 Å². The van der Waals surface area contributed by atoms with Crippen molar-refractivity contribution >= 4 is 24.7 Å². The number of hydrogen-bond acceptors (Lipinski definition) is 4. The molecule has 0 atom stereocenters. The Bertz CT molecular complexity index is 843. The van der Waals surface area contributed by atoms with Gasteiger partial charge in [-0.15, -0.1) is 0 Å². The van der Waals surface area contributed by atoms with Crippen molar-refractivity contribution in [2.24, 2.45) is 5.41 Å². The van der Waals surface area contributed by atoms with Gasteiger partial charge in [0.1, 0.15) is 0 Å². The number of ether oxygens (including phenoxy) is 2. The predicted molar refractivity (Wildman–Crippen MR) is 121 cm³/mol. The van der Waals surface area contributed by atoms with Crippen LogP contribution >= 0.6 is 0 Å². The molecular weight excluding hydrogens is 392 g/mol. The SMILES string of the molecule is CCOC(=O)C12COC(CO[Si](c3ccccc3)(c3ccccc3)C(C)(C)C)(C1)C2. The standard InChI is InChI=1S/C25H32O4Si/c1-5-27-22(26)24-16-25(17-24,28-18-24)19-29-30(23(2,3)4,20-12-8-6-9-13-20)21-14-10-7-11-15-21/h6-15H,5,16-19H2,1-4H3. The second-order valence-electron chi connectivity index (χ2n) is 9.78. The number of carbonyl (C=O) groups excluding carboxylic acids is 1. The van der Waals surface area contributed by atoms with Crippen LogP contribution in [0.1, 0.15) is 40.5 Å². The summed E-state index contributed by atoms with van der Waals surface area (Å²) in [4.78, 5) is 12.4. The highest BCUT2D eigenvalue weighted by atomic mass is 28.4. The molecule has 2 heterocycles. The molecule has 2 saturated heterocycles. The van der Waals surface area contributed by atoms with Gasteiger partial charge >= 0.3 is 5.97 Å². The number of rotatable bonds is 7. The van der Waals surface area contributed by atoms with E-state index in [0.29, 0.717) is 32.7 Å². The molecule has 2 aromatic carbocycles. The van der Waals surface area contributed by atoms with Gasteiger partial charge in [0.2, 0.25) is 0 Å². The third kappa shape index (κ3) is 3.33. The zero-order chi connectivity index (χ0) is 21.5. The highest BCUT2D eigenvalue weighted by Gasteiger charge is 2.68. The van der Waals surface area contributed by atoms with E-state index < -0.39 is 13.7 Å². The molecule has 0 radical (unpaired) electrons. The lowest BCUT2D eigenvalue weighted by molar-refractivity contribution is -0.161. The normalized spacial score (nSPS) is 25.6. The van der Waals surface area contributed by atoms with Crippen molar-refractivity contribution in [1.82, 2.24) is 0 Å². The van der Waals surface area contributed by atoms with Crippen molar-refractivity contribution in [2.45, 2.75) is 51.2 Å². The topological polar surface area (TPSA) is 44.8 Å². The summed E-state index contributed by atoms with van der Waals surface area (Å²) < 4.78 is 18.5. The summed E-state index contributed by atoms with van der Waals surface area (Å²) in [6, 6.07) is 21.3. The minimum absolute atomic E-state index is 0.0765. The lowest BCUT2D eigenvalue weighted by Crippen LogP contribution is -2.68. The highest BCUT2D eigenvalue weighted by Crippen LogP contribution is 2.59. The van der Waals surface area contributed by atoms with Crippen LogP contribution in [0.2, 0.25) is 5.04 Å². The van der Waals surface area contributed by atoms with E-state index in [1.807, 2.05) is 6.92 Å². The molecule has 3 aliphatic rings. The van der Waals surface area contributed by atoms with E-state index >= 15 is 0 Å². The molecule has 4 nitrogen and oxygen atoms in total. The van der Waals surface area contributed by atoms with E-state index in [-0.39, 0.29) is 16.6 Å². The fourth-order valence-electron chi connectivity index (χ4n) is 5.31. The van der Waals surface area contributed by atoms with Gasteiger partial charge in [0.15, 0.2) is 0 Å². The van der Waals surface area contributed by atoms with Crippen molar-refractivity contribution < 1.29 is 18.7 Å². The van der Waals surface area contributed by atoms with Gasteiger partial charge in [-0.25, -0.2) is 0 Å². The fraction of sp³-hybridized carbons (Fsp3) is 0.480. The maximum absolute atomic E-state index is 12.4.